The van der Waals surface area contributed by atoms with Crippen LogP contribution in [0.5, 0.6) is 0 Å². The lowest BCUT2D eigenvalue weighted by Crippen LogP contribution is -2.44. The largest absolute Gasteiger partial charge is 0.392 e. The fourth-order valence-electron chi connectivity index (χ4n) is 3.79. The molecule has 0 bridgehead atoms. The Morgan fingerprint density at radius 3 is 2.80 bits per heavy atom. The number of hydrogen-bond acceptors (Lipinski definition) is 4. The van der Waals surface area contributed by atoms with Gasteiger partial charge in [0.25, 0.3) is 0 Å². The van der Waals surface area contributed by atoms with Crippen molar-refractivity contribution < 1.29 is 13.9 Å². The van der Waals surface area contributed by atoms with Gasteiger partial charge in [-0.05, 0) is 50.4 Å². The first kappa shape index (κ1) is 24.8. The Hall–Kier alpha value is -1.45. The Labute approximate surface area is 190 Å². The van der Waals surface area contributed by atoms with Crippen LogP contribution in [0.25, 0.3) is 22.2 Å². The highest BCUT2D eigenvalue weighted by atomic mass is 35.5. The molecule has 1 fully saturated rings. The van der Waals surface area contributed by atoms with E-state index >= 15 is 0 Å². The Kier molecular flexibility index (Phi) is 8.87. The van der Waals surface area contributed by atoms with Crippen LogP contribution in [0, 0.1) is 0 Å². The number of aliphatic hydroxyl groups excluding tert-OH is 1. The molecule has 0 aliphatic carbocycles. The zero-order valence-corrected chi connectivity index (χ0v) is 18.4. The molecule has 1 aliphatic rings. The van der Waals surface area contributed by atoms with Crippen molar-refractivity contribution in [1.82, 2.24) is 24.9 Å². The van der Waals surface area contributed by atoms with Gasteiger partial charge in [-0.25, -0.2) is 4.68 Å². The average molecular weight is 483 g/mol. The van der Waals surface area contributed by atoms with E-state index in [1.54, 1.807) is 6.07 Å². The molecule has 2 N–H and O–H groups in total. The molecule has 1 aliphatic heterocycles. The molecule has 0 amide bonds. The Bertz CT molecular complexity index is 965. The van der Waals surface area contributed by atoms with Gasteiger partial charge in [-0.15, -0.1) is 24.8 Å². The van der Waals surface area contributed by atoms with Crippen molar-refractivity contribution >= 4 is 47.3 Å². The van der Waals surface area contributed by atoms with E-state index in [9.17, 15) is 13.9 Å². The third-order valence-corrected chi connectivity index (χ3v) is 5.46. The molecule has 2 atom stereocenters. The van der Waals surface area contributed by atoms with E-state index in [-0.39, 0.29) is 37.0 Å². The van der Waals surface area contributed by atoms with Crippen LogP contribution in [0.15, 0.2) is 30.6 Å². The van der Waals surface area contributed by atoms with Crippen molar-refractivity contribution in [3.8, 4) is 11.3 Å². The predicted octanol–water partition coefficient (Wildman–Crippen LogP) is 4.69. The van der Waals surface area contributed by atoms with Crippen LogP contribution in [0.1, 0.15) is 32.2 Å². The number of nitrogens with one attached hydrogen (secondary N) is 1. The molecule has 3 heterocycles. The Balaban J connectivity index is 0.00000160. The SMILES string of the molecule is Cl.Cl.O[C@H]1CCCN[C@@H]1CCCn1nc(-c2cnn(C(F)F)c2)c2ccc(Cl)cc21. The summed E-state index contributed by atoms with van der Waals surface area (Å²) in [4.78, 5) is 0. The zero-order chi connectivity index (χ0) is 19.7. The summed E-state index contributed by atoms with van der Waals surface area (Å²) in [5.74, 6) is 0. The molecule has 1 saturated heterocycles. The molecule has 1 aromatic carbocycles. The van der Waals surface area contributed by atoms with Crippen molar-refractivity contribution in [2.75, 3.05) is 6.54 Å². The molecule has 6 nitrogen and oxygen atoms in total. The minimum Gasteiger partial charge on any atom is -0.392 e. The van der Waals surface area contributed by atoms with Crippen LogP contribution >= 0.6 is 36.4 Å². The number of nitrogens with zero attached hydrogens (tertiary/aromatic N) is 4. The minimum atomic E-state index is -2.69. The molecule has 0 saturated carbocycles. The molecule has 0 spiro atoms. The molecule has 0 unspecified atom stereocenters. The number of benzene rings is 1. The number of alkyl halides is 2. The average Bonchev–Trinajstić information content (AvgIpc) is 3.28. The van der Waals surface area contributed by atoms with E-state index in [1.165, 1.54) is 12.4 Å². The highest BCUT2D eigenvalue weighted by Gasteiger charge is 2.22. The van der Waals surface area contributed by atoms with Crippen molar-refractivity contribution in [3.63, 3.8) is 0 Å². The van der Waals surface area contributed by atoms with Gasteiger partial charge in [-0.1, -0.05) is 11.6 Å². The fraction of sp³-hybridized carbons (Fsp3) is 0.474. The van der Waals surface area contributed by atoms with E-state index in [0.29, 0.717) is 27.5 Å². The van der Waals surface area contributed by atoms with Gasteiger partial charge in [0, 0.05) is 34.8 Å². The first-order chi connectivity index (χ1) is 13.5. The maximum Gasteiger partial charge on any atom is 0.333 e. The third kappa shape index (κ3) is 5.23. The summed E-state index contributed by atoms with van der Waals surface area (Å²) >= 11 is 6.17. The van der Waals surface area contributed by atoms with Gasteiger partial charge in [0.2, 0.25) is 0 Å². The van der Waals surface area contributed by atoms with E-state index < -0.39 is 6.55 Å². The zero-order valence-electron chi connectivity index (χ0n) is 16.0. The maximum atomic E-state index is 12.9. The molecular formula is C19H24Cl3F2N5O. The molecule has 3 aromatic rings. The number of rotatable bonds is 6. The summed E-state index contributed by atoms with van der Waals surface area (Å²) in [6.07, 6.45) is 5.87. The molecular weight excluding hydrogens is 459 g/mol. The topological polar surface area (TPSA) is 67.9 Å². The third-order valence-electron chi connectivity index (χ3n) is 5.22. The van der Waals surface area contributed by atoms with E-state index in [0.717, 1.165) is 43.1 Å². The van der Waals surface area contributed by atoms with Crippen LogP contribution in [0.4, 0.5) is 8.78 Å². The number of fused-ring (bicyclic) bond motifs is 1. The molecule has 30 heavy (non-hydrogen) atoms. The van der Waals surface area contributed by atoms with Gasteiger partial charge in [0.05, 0.1) is 17.8 Å². The van der Waals surface area contributed by atoms with Crippen LogP contribution < -0.4 is 5.32 Å². The highest BCUT2D eigenvalue weighted by molar-refractivity contribution is 6.31. The van der Waals surface area contributed by atoms with E-state index in [4.69, 9.17) is 11.6 Å². The van der Waals surface area contributed by atoms with Crippen molar-refractivity contribution in [2.24, 2.45) is 0 Å². The molecule has 11 heteroatoms. The van der Waals surface area contributed by atoms with E-state index in [2.05, 4.69) is 15.5 Å². The van der Waals surface area contributed by atoms with Crippen LogP contribution in [-0.4, -0.2) is 43.4 Å². The van der Waals surface area contributed by atoms with Crippen molar-refractivity contribution in [2.45, 2.75) is 50.9 Å². The minimum absolute atomic E-state index is 0. The lowest BCUT2D eigenvalue weighted by atomic mass is 9.97. The lowest BCUT2D eigenvalue weighted by Gasteiger charge is -2.28. The van der Waals surface area contributed by atoms with Crippen LogP contribution in [0.2, 0.25) is 5.02 Å². The summed E-state index contributed by atoms with van der Waals surface area (Å²) in [7, 11) is 0. The molecule has 4 rings (SSSR count). The summed E-state index contributed by atoms with van der Waals surface area (Å²) < 4.78 is 28.2. The maximum absolute atomic E-state index is 12.9. The summed E-state index contributed by atoms with van der Waals surface area (Å²) in [6, 6.07) is 5.54. The second-order valence-corrected chi connectivity index (χ2v) is 7.57. The van der Waals surface area contributed by atoms with Gasteiger partial charge < -0.3 is 10.4 Å². The van der Waals surface area contributed by atoms with E-state index in [1.807, 2.05) is 16.8 Å². The second kappa shape index (κ2) is 10.7. The monoisotopic (exact) mass is 481 g/mol. The van der Waals surface area contributed by atoms with Crippen LogP contribution in [-0.2, 0) is 6.54 Å². The predicted molar refractivity (Wildman–Crippen MR) is 118 cm³/mol. The normalized spacial score (nSPS) is 19.0. The van der Waals surface area contributed by atoms with Crippen molar-refractivity contribution in [1.29, 1.82) is 0 Å². The fourth-order valence-corrected chi connectivity index (χ4v) is 3.96. The summed E-state index contributed by atoms with van der Waals surface area (Å²) in [5, 5.41) is 23.3. The standard InChI is InChI=1S/C19H22ClF2N5O.2ClH/c20-13-5-6-14-16(9-13)26(8-2-3-15-17(28)4-1-7-23-15)25-18(14)12-10-24-27(11-12)19(21)22;;/h5-6,9-11,15,17,19,23,28H,1-4,7-8H2;2*1H/t15-,17+;;/m1../s1. The molecule has 2 aromatic heterocycles. The molecule has 166 valence electrons. The quantitative estimate of drug-likeness (QED) is 0.535. The summed E-state index contributed by atoms with van der Waals surface area (Å²) in [5.41, 5.74) is 1.99. The number of halogens is 5. The second-order valence-electron chi connectivity index (χ2n) is 7.13. The van der Waals surface area contributed by atoms with Crippen molar-refractivity contribution in [3.05, 3.63) is 35.6 Å². The number of aliphatic hydroxyl groups is 1. The lowest BCUT2D eigenvalue weighted by molar-refractivity contribution is 0.0566. The van der Waals surface area contributed by atoms with Gasteiger partial charge in [0.1, 0.15) is 5.69 Å². The van der Waals surface area contributed by atoms with Crippen LogP contribution in [0.3, 0.4) is 0 Å². The smallest absolute Gasteiger partial charge is 0.333 e. The first-order valence-corrected chi connectivity index (χ1v) is 9.81. The van der Waals surface area contributed by atoms with Gasteiger partial charge in [-0.2, -0.15) is 19.0 Å². The first-order valence-electron chi connectivity index (χ1n) is 9.43. The number of piperidine rings is 1. The Morgan fingerprint density at radius 2 is 2.10 bits per heavy atom. The Morgan fingerprint density at radius 1 is 1.30 bits per heavy atom. The molecule has 0 radical (unpaired) electrons. The number of aryl methyl sites for hydroxylation is 1. The van der Waals surface area contributed by atoms with Gasteiger partial charge in [-0.3, -0.25) is 4.68 Å². The number of aromatic nitrogens is 4. The van der Waals surface area contributed by atoms with Gasteiger partial charge in [0.15, 0.2) is 0 Å². The summed E-state index contributed by atoms with van der Waals surface area (Å²) in [6.45, 7) is -1.11. The van der Waals surface area contributed by atoms with Gasteiger partial charge >= 0.3 is 6.55 Å². The number of hydrogen-bond donors (Lipinski definition) is 2. The highest BCUT2D eigenvalue weighted by Crippen LogP contribution is 2.30.